The summed E-state index contributed by atoms with van der Waals surface area (Å²) in [5, 5.41) is 29.1. The number of hydrogen-bond donors (Lipinski definition) is 3. The SMILES string of the molecule is C=Nc1ccc(N(CC)CCO)cc1C.CC.COc1ccc(N=NC2C(=O)N(c3c(Cl)cc(Cl)cc3Cl)N=C2NC(=O)c2cccc(NC(=O)COc3ccc(C)cc3C)c2)cc1.Cc1ccc(Cl)cc1. The molecule has 0 fully saturated rings. The Kier molecular flexibility index (Phi) is 23.2. The van der Waals surface area contributed by atoms with E-state index in [4.69, 9.17) is 61.0 Å². The van der Waals surface area contributed by atoms with Crippen molar-refractivity contribution in [1.82, 2.24) is 5.32 Å². The van der Waals surface area contributed by atoms with Gasteiger partial charge < -0.3 is 30.1 Å². The van der Waals surface area contributed by atoms with Gasteiger partial charge in [-0.05, 0) is 143 Å². The number of aryl methyl sites for hydroxylation is 4. The van der Waals surface area contributed by atoms with Gasteiger partial charge in [-0.25, -0.2) is 0 Å². The van der Waals surface area contributed by atoms with Crippen LogP contribution in [0.2, 0.25) is 20.1 Å². The van der Waals surface area contributed by atoms with Crippen LogP contribution in [0.1, 0.15) is 53.4 Å². The van der Waals surface area contributed by atoms with Gasteiger partial charge >= 0.3 is 0 Å². The lowest BCUT2D eigenvalue weighted by atomic mass is 10.1. The molecule has 1 atom stereocenters. The maximum absolute atomic E-state index is 13.6. The zero-order valence-corrected chi connectivity index (χ0v) is 44.4. The van der Waals surface area contributed by atoms with Gasteiger partial charge in [0.05, 0.1) is 35.1 Å². The zero-order valence-electron chi connectivity index (χ0n) is 41.3. The number of aliphatic hydroxyl groups excluding tert-OH is 1. The number of hydrogen-bond acceptors (Lipinski definition) is 11. The lowest BCUT2D eigenvalue weighted by Gasteiger charge is -2.22. The molecule has 378 valence electrons. The highest BCUT2D eigenvalue weighted by atomic mass is 35.5. The summed E-state index contributed by atoms with van der Waals surface area (Å²) in [6.07, 6.45) is 0. The third-order valence-corrected chi connectivity index (χ3v) is 11.3. The van der Waals surface area contributed by atoms with E-state index in [1.165, 1.54) is 36.9 Å². The van der Waals surface area contributed by atoms with Crippen LogP contribution < -0.4 is 30.0 Å². The number of azo groups is 1. The number of amides is 3. The van der Waals surface area contributed by atoms with Crippen molar-refractivity contribution in [1.29, 1.82) is 0 Å². The number of rotatable bonds is 14. The minimum absolute atomic E-state index is 0.0583. The predicted octanol–water partition coefficient (Wildman–Crippen LogP) is 13.4. The molecule has 1 aliphatic heterocycles. The van der Waals surface area contributed by atoms with E-state index in [0.717, 1.165) is 44.6 Å². The molecule has 72 heavy (non-hydrogen) atoms. The molecule has 6 aromatic rings. The van der Waals surface area contributed by atoms with E-state index in [2.05, 4.69) is 55.6 Å². The first-order valence-electron chi connectivity index (χ1n) is 22.7. The minimum atomic E-state index is -1.35. The summed E-state index contributed by atoms with van der Waals surface area (Å²) < 4.78 is 10.8. The van der Waals surface area contributed by atoms with E-state index in [1.807, 2.05) is 90.1 Å². The number of likely N-dealkylation sites (N-methyl/N-ethyl adjacent to an activating group) is 1. The molecule has 0 aliphatic carbocycles. The fourth-order valence-corrected chi connectivity index (χ4v) is 7.78. The lowest BCUT2D eigenvalue weighted by Crippen LogP contribution is -2.39. The first kappa shape index (κ1) is 57.8. The number of benzene rings is 6. The summed E-state index contributed by atoms with van der Waals surface area (Å²) in [7, 11) is 1.53. The van der Waals surface area contributed by atoms with Gasteiger partial charge in [-0.15, -0.1) is 5.10 Å². The van der Waals surface area contributed by atoms with Crippen LogP contribution in [-0.2, 0) is 9.59 Å². The van der Waals surface area contributed by atoms with Gasteiger partial charge in [0.25, 0.3) is 17.7 Å². The second-order valence-corrected chi connectivity index (χ2v) is 17.2. The van der Waals surface area contributed by atoms with Gasteiger partial charge in [-0.3, -0.25) is 19.4 Å². The number of halogens is 4. The molecule has 18 heteroatoms. The van der Waals surface area contributed by atoms with Crippen molar-refractivity contribution >= 4 is 105 Å². The first-order valence-corrected chi connectivity index (χ1v) is 24.2. The summed E-state index contributed by atoms with van der Waals surface area (Å²) in [6.45, 7) is 19.0. The first-order chi connectivity index (χ1) is 34.5. The topological polar surface area (TPSA) is 170 Å². The molecule has 0 spiro atoms. The Morgan fingerprint density at radius 2 is 1.47 bits per heavy atom. The van der Waals surface area contributed by atoms with Crippen molar-refractivity contribution in [2.75, 3.05) is 48.6 Å². The molecule has 3 amide bonds. The van der Waals surface area contributed by atoms with Crippen molar-refractivity contribution < 1.29 is 29.0 Å². The molecule has 0 bridgehead atoms. The van der Waals surface area contributed by atoms with Crippen LogP contribution in [-0.4, -0.2) is 74.8 Å². The molecule has 0 saturated heterocycles. The van der Waals surface area contributed by atoms with Gasteiger partial charge in [0.1, 0.15) is 17.2 Å². The Balaban J connectivity index is 0.000000366. The van der Waals surface area contributed by atoms with Gasteiger partial charge in [-0.2, -0.15) is 15.2 Å². The molecule has 1 heterocycles. The fourth-order valence-electron chi connectivity index (χ4n) is 6.68. The third-order valence-electron chi connectivity index (χ3n) is 10.3. The largest absolute Gasteiger partial charge is 0.497 e. The van der Waals surface area contributed by atoms with Gasteiger partial charge in [-0.1, -0.05) is 102 Å². The van der Waals surface area contributed by atoms with E-state index in [0.29, 0.717) is 29.4 Å². The van der Waals surface area contributed by atoms with Crippen molar-refractivity contribution in [3.05, 3.63) is 169 Å². The highest BCUT2D eigenvalue weighted by molar-refractivity contribution is 6.43. The average molecular weight is 1060 g/mol. The van der Waals surface area contributed by atoms with Crippen LogP contribution in [0.3, 0.4) is 0 Å². The van der Waals surface area contributed by atoms with Crippen molar-refractivity contribution in [3.8, 4) is 11.5 Å². The summed E-state index contributed by atoms with van der Waals surface area (Å²) in [4.78, 5) is 45.7. The van der Waals surface area contributed by atoms with Crippen molar-refractivity contribution in [2.45, 2.75) is 54.5 Å². The zero-order chi connectivity index (χ0) is 52.9. The monoisotopic (exact) mass is 1050 g/mol. The van der Waals surface area contributed by atoms with E-state index in [1.54, 1.807) is 42.5 Å². The fraction of sp³-hybridized carbons (Fsp3) is 0.241. The number of carbonyl (C=O) groups excluding carboxylic acids is 3. The molecule has 14 nitrogen and oxygen atoms in total. The van der Waals surface area contributed by atoms with Crippen molar-refractivity contribution in [3.63, 3.8) is 0 Å². The van der Waals surface area contributed by atoms with Gasteiger partial charge in [0.15, 0.2) is 12.4 Å². The van der Waals surface area contributed by atoms with E-state index in [9.17, 15) is 14.4 Å². The van der Waals surface area contributed by atoms with E-state index < -0.39 is 23.8 Å². The van der Waals surface area contributed by atoms with Crippen LogP contribution in [0.15, 0.2) is 142 Å². The molecular weight excluding hydrogens is 998 g/mol. The molecular formula is C54H58Cl4N8O6. The Labute approximate surface area is 441 Å². The van der Waals surface area contributed by atoms with Crippen molar-refractivity contribution in [2.24, 2.45) is 20.3 Å². The van der Waals surface area contributed by atoms with Gasteiger partial charge in [0.2, 0.25) is 6.04 Å². The van der Waals surface area contributed by atoms with Crippen LogP contribution in [0.4, 0.5) is 28.4 Å². The van der Waals surface area contributed by atoms with Crippen LogP contribution >= 0.6 is 46.4 Å². The molecule has 7 rings (SSSR count). The highest BCUT2D eigenvalue weighted by Gasteiger charge is 2.40. The molecule has 1 unspecified atom stereocenters. The predicted molar refractivity (Wildman–Crippen MR) is 295 cm³/mol. The normalized spacial score (nSPS) is 12.5. The minimum Gasteiger partial charge on any atom is -0.497 e. The van der Waals surface area contributed by atoms with Crippen LogP contribution in [0.5, 0.6) is 11.5 Å². The summed E-state index contributed by atoms with van der Waals surface area (Å²) in [5.74, 6) is -0.636. The third kappa shape index (κ3) is 16.9. The number of hydrazone groups is 1. The Bertz CT molecular complexity index is 2820. The molecule has 0 saturated carbocycles. The van der Waals surface area contributed by atoms with Crippen LogP contribution in [0, 0.1) is 27.7 Å². The summed E-state index contributed by atoms with van der Waals surface area (Å²) in [6, 6.07) is 33.8. The second kappa shape index (κ2) is 28.9. The number of nitrogens with one attached hydrogen (secondary N) is 2. The van der Waals surface area contributed by atoms with Crippen LogP contribution in [0.25, 0.3) is 0 Å². The quantitative estimate of drug-likeness (QED) is 0.0720. The number of carbonyl (C=O) groups is 3. The number of ether oxygens (including phenoxy) is 2. The van der Waals surface area contributed by atoms with Gasteiger partial charge in [0, 0.05) is 40.1 Å². The molecule has 1 aliphatic rings. The number of nitrogens with zero attached hydrogens (tertiary/aromatic N) is 6. The maximum Gasteiger partial charge on any atom is 0.282 e. The standard InChI is InChI=1S/C33H27Cl3N6O5.C12H18N2O.C7H7Cl.C2H6/c1-18-7-12-27(19(2)13-18)47-17-28(43)37-23-6-4-5-20(14-23)32(44)38-31-29(40-39-22-8-10-24(46-3)11-9-22)33(45)42(41-31)30-25(35)15-21(34)16-26(30)36;1-4-14(7-8-15)11-5-6-12(13-3)10(2)9-11;1-6-2-4-7(8)5-3-6;1-2/h4-16,29H,17H2,1-3H3,(H,37,43)(H,38,41,44);5-6,9,15H,3-4,7-8H2,1-2H3;2-5H,1H3;1-2H3. The maximum atomic E-state index is 13.6. The molecule has 0 radical (unpaired) electrons. The Morgan fingerprint density at radius 1 is 0.806 bits per heavy atom. The second-order valence-electron chi connectivity index (χ2n) is 15.5. The molecule has 0 aromatic heterocycles. The van der Waals surface area contributed by atoms with E-state index in [-0.39, 0.29) is 45.4 Å². The highest BCUT2D eigenvalue weighted by Crippen LogP contribution is 2.39. The number of anilines is 3. The number of aliphatic hydroxyl groups is 1. The Hall–Kier alpha value is -6.81. The smallest absolute Gasteiger partial charge is 0.282 e. The Morgan fingerprint density at radius 3 is 2.06 bits per heavy atom. The number of amidine groups is 1. The summed E-state index contributed by atoms with van der Waals surface area (Å²) >= 11 is 24.4. The summed E-state index contributed by atoms with van der Waals surface area (Å²) in [5.41, 5.74) is 7.39. The number of aliphatic imine (C=N–C) groups is 1. The van der Waals surface area contributed by atoms with E-state index >= 15 is 0 Å². The molecule has 3 N–H and O–H groups in total. The average Bonchev–Trinajstić information content (AvgIpc) is 3.66. The lowest BCUT2D eigenvalue weighted by molar-refractivity contribution is -0.118. The molecule has 6 aromatic carbocycles. The number of methoxy groups -OCH3 is 1.